The third kappa shape index (κ3) is 1.89. The summed E-state index contributed by atoms with van der Waals surface area (Å²) in [6, 6.07) is 5.52. The lowest BCUT2D eigenvalue weighted by molar-refractivity contribution is 0.628. The molecule has 0 unspecified atom stereocenters. The molecule has 1 aromatic heterocycles. The van der Waals surface area contributed by atoms with Gasteiger partial charge in [0.25, 0.3) is 5.56 Å². The van der Waals surface area contributed by atoms with Crippen molar-refractivity contribution in [3.63, 3.8) is 0 Å². The lowest BCUT2D eigenvalue weighted by atomic mass is 10.1. The molecule has 0 radical (unpaired) electrons. The lowest BCUT2D eigenvalue weighted by Gasteiger charge is -2.01. The van der Waals surface area contributed by atoms with E-state index in [1.165, 1.54) is 30.5 Å². The molecule has 0 aliphatic carbocycles. The minimum absolute atomic E-state index is 0.241. The molecular formula is C10H6ClFN2O. The van der Waals surface area contributed by atoms with Crippen molar-refractivity contribution in [1.82, 2.24) is 10.2 Å². The van der Waals surface area contributed by atoms with Crippen molar-refractivity contribution in [1.29, 1.82) is 0 Å². The van der Waals surface area contributed by atoms with E-state index in [2.05, 4.69) is 10.2 Å². The Balaban J connectivity index is 2.64. The zero-order valence-electron chi connectivity index (χ0n) is 7.50. The fourth-order valence-corrected chi connectivity index (χ4v) is 1.51. The van der Waals surface area contributed by atoms with Crippen LogP contribution in [-0.2, 0) is 0 Å². The van der Waals surface area contributed by atoms with Gasteiger partial charge in [0, 0.05) is 0 Å². The molecule has 0 fully saturated rings. The van der Waals surface area contributed by atoms with E-state index in [4.69, 9.17) is 11.6 Å². The zero-order valence-corrected chi connectivity index (χ0v) is 8.25. The van der Waals surface area contributed by atoms with Crippen LogP contribution in [0.1, 0.15) is 0 Å². The van der Waals surface area contributed by atoms with Gasteiger partial charge in [-0.3, -0.25) is 4.79 Å². The number of nitrogens with zero attached hydrogens (tertiary/aromatic N) is 1. The molecule has 1 N–H and O–H groups in total. The Morgan fingerprint density at radius 2 is 1.93 bits per heavy atom. The van der Waals surface area contributed by atoms with E-state index in [1.54, 1.807) is 0 Å². The first-order chi connectivity index (χ1) is 7.18. The predicted octanol–water partition coefficient (Wildman–Crippen LogP) is 2.23. The van der Waals surface area contributed by atoms with Gasteiger partial charge in [0.2, 0.25) is 0 Å². The molecule has 15 heavy (non-hydrogen) atoms. The smallest absolute Gasteiger partial charge is 0.267 e. The molecular weight excluding hydrogens is 219 g/mol. The topological polar surface area (TPSA) is 45.8 Å². The summed E-state index contributed by atoms with van der Waals surface area (Å²) < 4.78 is 12.7. The van der Waals surface area contributed by atoms with Gasteiger partial charge in [-0.1, -0.05) is 23.7 Å². The molecule has 0 spiro atoms. The summed E-state index contributed by atoms with van der Waals surface area (Å²) in [6.45, 7) is 0. The van der Waals surface area contributed by atoms with E-state index >= 15 is 0 Å². The number of aromatic amines is 1. The van der Waals surface area contributed by atoms with Crippen LogP contribution in [0.4, 0.5) is 4.39 Å². The second-order valence-corrected chi connectivity index (χ2v) is 3.34. The molecule has 0 bridgehead atoms. The summed E-state index contributed by atoms with van der Waals surface area (Å²) in [7, 11) is 0. The van der Waals surface area contributed by atoms with Gasteiger partial charge in [0.1, 0.15) is 5.82 Å². The monoisotopic (exact) mass is 224 g/mol. The molecule has 0 atom stereocenters. The van der Waals surface area contributed by atoms with Crippen molar-refractivity contribution in [3.05, 3.63) is 51.7 Å². The van der Waals surface area contributed by atoms with Crippen LogP contribution in [0.25, 0.3) is 11.1 Å². The number of halogens is 2. The molecule has 0 amide bonds. The second-order valence-electron chi connectivity index (χ2n) is 2.93. The van der Waals surface area contributed by atoms with Gasteiger partial charge >= 0.3 is 0 Å². The first-order valence-electron chi connectivity index (χ1n) is 4.17. The number of hydrogen-bond acceptors (Lipinski definition) is 2. The SMILES string of the molecule is O=c1[nH]ncc(Cl)c1-c1ccc(F)cc1. The first kappa shape index (κ1) is 9.86. The third-order valence-electron chi connectivity index (χ3n) is 1.94. The van der Waals surface area contributed by atoms with Gasteiger partial charge in [0.15, 0.2) is 0 Å². The van der Waals surface area contributed by atoms with Crippen LogP contribution in [0.3, 0.4) is 0 Å². The molecule has 1 aromatic carbocycles. The average Bonchev–Trinajstić information content (AvgIpc) is 2.20. The molecule has 0 saturated heterocycles. The molecule has 2 aromatic rings. The van der Waals surface area contributed by atoms with E-state index in [0.717, 1.165) is 0 Å². The lowest BCUT2D eigenvalue weighted by Crippen LogP contribution is -2.10. The van der Waals surface area contributed by atoms with Crippen LogP contribution in [0.15, 0.2) is 35.3 Å². The Kier molecular flexibility index (Phi) is 2.51. The maximum Gasteiger partial charge on any atom is 0.273 e. The van der Waals surface area contributed by atoms with Crippen LogP contribution in [0, 0.1) is 5.82 Å². The summed E-state index contributed by atoms with van der Waals surface area (Å²) in [5.74, 6) is -0.361. The van der Waals surface area contributed by atoms with Crippen LogP contribution < -0.4 is 5.56 Å². The van der Waals surface area contributed by atoms with Crippen molar-refractivity contribution >= 4 is 11.6 Å². The zero-order chi connectivity index (χ0) is 10.8. The highest BCUT2D eigenvalue weighted by molar-refractivity contribution is 6.33. The number of benzene rings is 1. The molecule has 3 nitrogen and oxygen atoms in total. The number of H-pyrrole nitrogens is 1. The maximum atomic E-state index is 12.7. The summed E-state index contributed by atoms with van der Waals surface area (Å²) >= 11 is 5.83. The summed E-state index contributed by atoms with van der Waals surface area (Å²) in [6.07, 6.45) is 1.33. The van der Waals surface area contributed by atoms with E-state index in [-0.39, 0.29) is 10.8 Å². The van der Waals surface area contributed by atoms with E-state index in [1.807, 2.05) is 0 Å². The van der Waals surface area contributed by atoms with E-state index in [9.17, 15) is 9.18 Å². The van der Waals surface area contributed by atoms with Gasteiger partial charge in [-0.05, 0) is 17.7 Å². The van der Waals surface area contributed by atoms with Crippen LogP contribution in [-0.4, -0.2) is 10.2 Å². The van der Waals surface area contributed by atoms with Crippen molar-refractivity contribution in [2.45, 2.75) is 0 Å². The molecule has 0 aliphatic heterocycles. The normalized spacial score (nSPS) is 10.3. The third-order valence-corrected chi connectivity index (χ3v) is 2.23. The molecule has 0 saturated carbocycles. The first-order valence-corrected chi connectivity index (χ1v) is 4.55. The van der Waals surface area contributed by atoms with Gasteiger partial charge in [-0.15, -0.1) is 0 Å². The molecule has 0 aliphatic rings. The summed E-state index contributed by atoms with van der Waals surface area (Å²) in [5, 5.41) is 6.06. The van der Waals surface area contributed by atoms with Gasteiger partial charge in [0.05, 0.1) is 16.8 Å². The Labute approximate surface area is 89.5 Å². The van der Waals surface area contributed by atoms with E-state index in [0.29, 0.717) is 11.1 Å². The summed E-state index contributed by atoms with van der Waals surface area (Å²) in [5.41, 5.74) is 0.464. The van der Waals surface area contributed by atoms with Crippen molar-refractivity contribution < 1.29 is 4.39 Å². The molecule has 5 heteroatoms. The number of aromatic nitrogens is 2. The quantitative estimate of drug-likeness (QED) is 0.808. The largest absolute Gasteiger partial charge is 0.273 e. The van der Waals surface area contributed by atoms with E-state index < -0.39 is 5.56 Å². The average molecular weight is 225 g/mol. The van der Waals surface area contributed by atoms with Gasteiger partial charge in [-0.2, -0.15) is 5.10 Å². The highest BCUT2D eigenvalue weighted by Crippen LogP contribution is 2.22. The van der Waals surface area contributed by atoms with Crippen LogP contribution in [0.5, 0.6) is 0 Å². The standard InChI is InChI=1S/C10H6ClFN2O/c11-8-5-13-14-10(15)9(8)6-1-3-7(12)4-2-6/h1-5H,(H,14,15). The van der Waals surface area contributed by atoms with Crippen LogP contribution >= 0.6 is 11.6 Å². The fourth-order valence-electron chi connectivity index (χ4n) is 1.26. The highest BCUT2D eigenvalue weighted by atomic mass is 35.5. The number of hydrogen-bond donors (Lipinski definition) is 1. The number of nitrogens with one attached hydrogen (secondary N) is 1. The van der Waals surface area contributed by atoms with Gasteiger partial charge < -0.3 is 0 Å². The predicted molar refractivity (Wildman–Crippen MR) is 55.3 cm³/mol. The van der Waals surface area contributed by atoms with Crippen LogP contribution in [0.2, 0.25) is 5.02 Å². The van der Waals surface area contributed by atoms with Crippen molar-refractivity contribution in [2.75, 3.05) is 0 Å². The Hall–Kier alpha value is -1.68. The second kappa shape index (κ2) is 3.82. The molecule has 1 heterocycles. The van der Waals surface area contributed by atoms with Crippen molar-refractivity contribution in [3.8, 4) is 11.1 Å². The highest BCUT2D eigenvalue weighted by Gasteiger charge is 2.08. The Morgan fingerprint density at radius 1 is 1.27 bits per heavy atom. The summed E-state index contributed by atoms with van der Waals surface area (Å²) in [4.78, 5) is 11.4. The minimum Gasteiger partial charge on any atom is -0.267 e. The Bertz CT molecular complexity index is 536. The molecule has 76 valence electrons. The maximum absolute atomic E-state index is 12.7. The van der Waals surface area contributed by atoms with Crippen molar-refractivity contribution in [2.24, 2.45) is 0 Å². The molecule has 2 rings (SSSR count). The minimum atomic E-state index is -0.394. The fraction of sp³-hybridized carbons (Fsp3) is 0. The number of rotatable bonds is 1. The Morgan fingerprint density at radius 3 is 2.53 bits per heavy atom. The van der Waals surface area contributed by atoms with Gasteiger partial charge in [-0.25, -0.2) is 9.49 Å².